The van der Waals surface area contributed by atoms with Gasteiger partial charge in [-0.05, 0) is 153 Å². The minimum atomic E-state index is -1.52. The standard InChI is InChI=1S/C65H113N17O9S/c1-4-7-9-10-11-12-13-14-15-16-17-18-19-32-54(84)73-53(45-92-42-6-3)63(90)78-52(44-83)62(89)77-51(31-23-27-40-69)61(88)76-50(30-22-26-39-68)60(87)75-49(29-21-25-38-67)59(86)74-48(28-20-24-37-66)58(85)72-47-35-33-46(34-36-47)43-82-57-55(79-65(82)91)56(70)80-64(81-57)71-41-8-5-2/h6,33-36,48-53,83H,3-5,7-32,37-45,66-69H2,1-2H3,(H,72,85)(H,73,84)(H,74,86)(H,75,87)(H,76,88)(H,77,89)(H,78,90)(H,79,91)(H3,70,71,80,81)/t48-,49-,50-,51-,52-,53-/m0/s1. The van der Waals surface area contributed by atoms with Gasteiger partial charge in [0.2, 0.25) is 47.3 Å². The summed E-state index contributed by atoms with van der Waals surface area (Å²) in [5, 5.41) is 43.9. The van der Waals surface area contributed by atoms with Crippen molar-refractivity contribution in [1.29, 1.82) is 0 Å². The summed E-state index contributed by atoms with van der Waals surface area (Å²) in [4.78, 5) is 111. The van der Waals surface area contributed by atoms with Crippen molar-refractivity contribution in [3.63, 3.8) is 0 Å². The average molecular weight is 1310 g/mol. The Balaban J connectivity index is 1.73. The molecule has 0 saturated carbocycles. The van der Waals surface area contributed by atoms with E-state index in [1.54, 1.807) is 30.7 Å². The number of benzene rings is 1. The van der Waals surface area contributed by atoms with Gasteiger partial charge in [0.15, 0.2) is 17.0 Å². The molecule has 20 N–H and O–H groups in total. The molecule has 26 nitrogen and oxygen atoms in total. The van der Waals surface area contributed by atoms with Crippen molar-refractivity contribution in [2.24, 2.45) is 22.9 Å². The fourth-order valence-electron chi connectivity index (χ4n) is 10.3. The Bertz CT molecular complexity index is 2600. The van der Waals surface area contributed by atoms with Gasteiger partial charge in [0, 0.05) is 24.4 Å². The van der Waals surface area contributed by atoms with Crippen LogP contribution >= 0.6 is 11.8 Å². The van der Waals surface area contributed by atoms with E-state index in [0.29, 0.717) is 114 Å². The van der Waals surface area contributed by atoms with Gasteiger partial charge in [-0.2, -0.15) is 26.7 Å². The number of hydrogen-bond acceptors (Lipinski definition) is 19. The lowest BCUT2D eigenvalue weighted by Crippen LogP contribution is -2.60. The lowest BCUT2D eigenvalue weighted by Gasteiger charge is -2.27. The summed E-state index contributed by atoms with van der Waals surface area (Å²) in [7, 11) is 0. The maximum absolute atomic E-state index is 14.5. The molecular weight excluding hydrogens is 1190 g/mol. The van der Waals surface area contributed by atoms with Crippen LogP contribution in [0.4, 0.5) is 17.5 Å². The van der Waals surface area contributed by atoms with Gasteiger partial charge in [0.05, 0.1) is 13.2 Å². The number of carbonyl (C=O) groups excluding carboxylic acids is 7. The number of nitrogen functional groups attached to an aromatic ring is 1. The van der Waals surface area contributed by atoms with E-state index in [4.69, 9.17) is 28.7 Å². The molecule has 2 heterocycles. The van der Waals surface area contributed by atoms with Gasteiger partial charge < -0.3 is 81.4 Å². The van der Waals surface area contributed by atoms with E-state index in [9.17, 15) is 43.8 Å². The van der Waals surface area contributed by atoms with E-state index < -0.39 is 78.3 Å². The number of carbonyl (C=O) groups is 7. The minimum absolute atomic E-state index is 0.0767. The molecule has 0 fully saturated rings. The third-order valence-corrected chi connectivity index (χ3v) is 16.8. The lowest BCUT2D eigenvalue weighted by atomic mass is 10.0. The summed E-state index contributed by atoms with van der Waals surface area (Å²) in [6.07, 6.45) is 23.2. The Hall–Kier alpha value is -6.39. The molecule has 0 saturated heterocycles. The maximum atomic E-state index is 14.5. The maximum Gasteiger partial charge on any atom is 0.296 e. The number of aliphatic hydroxyl groups is 1. The Kier molecular flexibility index (Phi) is 42.0. The zero-order valence-corrected chi connectivity index (χ0v) is 55.9. The number of rotatable bonds is 54. The Labute approximate surface area is 550 Å². The molecule has 92 heavy (non-hydrogen) atoms. The number of thioether (sulfide) groups is 1. The zero-order chi connectivity index (χ0) is 67.3. The molecule has 27 heteroatoms. The summed E-state index contributed by atoms with van der Waals surface area (Å²) in [6.45, 7) is 9.25. The smallest absolute Gasteiger partial charge is 0.296 e. The number of aliphatic hydroxyl groups excluding tert-OH is 1. The van der Waals surface area contributed by atoms with Crippen molar-refractivity contribution in [2.75, 3.05) is 67.2 Å². The number of hydrogen-bond donors (Lipinski definition) is 15. The predicted molar refractivity (Wildman–Crippen MR) is 367 cm³/mol. The van der Waals surface area contributed by atoms with Crippen LogP contribution in [0.5, 0.6) is 6.01 Å². The highest BCUT2D eigenvalue weighted by molar-refractivity contribution is 7.99. The summed E-state index contributed by atoms with van der Waals surface area (Å²) in [5.41, 5.74) is 31.3. The van der Waals surface area contributed by atoms with Gasteiger partial charge in [0.1, 0.15) is 36.3 Å². The Morgan fingerprint density at radius 1 is 0.543 bits per heavy atom. The van der Waals surface area contributed by atoms with E-state index in [2.05, 4.69) is 78.3 Å². The van der Waals surface area contributed by atoms with Crippen molar-refractivity contribution in [3.05, 3.63) is 43.2 Å². The molecule has 0 spiro atoms. The molecular formula is C65H113N17O9S. The van der Waals surface area contributed by atoms with E-state index in [1.165, 1.54) is 74.1 Å². The minimum Gasteiger partial charge on any atom is -0.480 e. The molecule has 3 rings (SSSR count). The van der Waals surface area contributed by atoms with E-state index in [-0.39, 0.29) is 67.7 Å². The zero-order valence-electron chi connectivity index (χ0n) is 55.1. The summed E-state index contributed by atoms with van der Waals surface area (Å²) >= 11 is 1.36. The second-order valence-corrected chi connectivity index (χ2v) is 24.7. The van der Waals surface area contributed by atoms with E-state index in [1.807, 2.05) is 0 Å². The number of nitrogens with two attached hydrogens (primary N) is 5. The first-order valence-corrected chi connectivity index (χ1v) is 35.0. The van der Waals surface area contributed by atoms with Crippen molar-refractivity contribution in [1.82, 2.24) is 51.4 Å². The molecule has 2 aromatic heterocycles. The highest BCUT2D eigenvalue weighted by Gasteiger charge is 2.34. The van der Waals surface area contributed by atoms with Crippen LogP contribution in [0.3, 0.4) is 0 Å². The molecule has 6 atom stereocenters. The van der Waals surface area contributed by atoms with Crippen LogP contribution in [0, 0.1) is 13.3 Å². The number of fused-ring (bicyclic) bond motifs is 1. The third-order valence-electron chi connectivity index (χ3n) is 15.8. The summed E-state index contributed by atoms with van der Waals surface area (Å²) in [5.74, 6) is -3.38. The molecule has 3 aromatic rings. The van der Waals surface area contributed by atoms with Crippen molar-refractivity contribution in [2.45, 2.75) is 236 Å². The normalized spacial score (nSPS) is 13.3. The van der Waals surface area contributed by atoms with Gasteiger partial charge in [0.25, 0.3) is 6.01 Å². The molecule has 518 valence electrons. The number of unbranched alkanes of at least 4 members (excludes halogenated alkanes) is 17. The topological polar surface area (TPSA) is 430 Å². The molecule has 1 aromatic carbocycles. The van der Waals surface area contributed by atoms with Crippen LogP contribution in [-0.2, 0) is 40.1 Å². The molecule has 7 amide bonds. The molecule has 0 aliphatic heterocycles. The molecule has 0 unspecified atom stereocenters. The number of aromatic hydroxyl groups is 1. The van der Waals surface area contributed by atoms with Gasteiger partial charge in [-0.25, -0.2) is 0 Å². The second-order valence-electron chi connectivity index (χ2n) is 23.6. The van der Waals surface area contributed by atoms with Crippen molar-refractivity contribution >= 4 is 81.7 Å². The lowest BCUT2D eigenvalue weighted by molar-refractivity contribution is -0.136. The van der Waals surface area contributed by atoms with Gasteiger partial charge >= 0.3 is 0 Å². The first-order valence-electron chi connectivity index (χ1n) is 33.8. The molecule has 0 aliphatic carbocycles. The summed E-state index contributed by atoms with van der Waals surface area (Å²) < 4.78 is 1.50. The van der Waals surface area contributed by atoms with Crippen LogP contribution in [0.2, 0.25) is 0 Å². The van der Waals surface area contributed by atoms with E-state index in [0.717, 1.165) is 37.7 Å². The van der Waals surface area contributed by atoms with Crippen LogP contribution in [-0.4, -0.2) is 158 Å². The van der Waals surface area contributed by atoms with Crippen molar-refractivity contribution in [3.8, 4) is 6.01 Å². The number of anilines is 3. The molecule has 0 bridgehead atoms. The van der Waals surface area contributed by atoms with E-state index >= 15 is 0 Å². The first kappa shape index (κ1) is 79.8. The van der Waals surface area contributed by atoms with Crippen LogP contribution < -0.4 is 71.2 Å². The van der Waals surface area contributed by atoms with Gasteiger partial charge in [-0.3, -0.25) is 38.1 Å². The average Bonchev–Trinajstić information content (AvgIpc) is 2.98. The quantitative estimate of drug-likeness (QED) is 0.0331. The highest BCUT2D eigenvalue weighted by atomic mass is 32.2. The van der Waals surface area contributed by atoms with Crippen molar-refractivity contribution < 1.29 is 43.8 Å². The predicted octanol–water partition coefficient (Wildman–Crippen LogP) is 4.98. The van der Waals surface area contributed by atoms with Crippen LogP contribution in [0.15, 0.2) is 24.3 Å². The largest absolute Gasteiger partial charge is 0.480 e. The second kappa shape index (κ2) is 48.3. The Morgan fingerprint density at radius 2 is 0.978 bits per heavy atom. The van der Waals surface area contributed by atoms with Gasteiger partial charge in [-0.15, -0.1) is 0 Å². The number of aromatic nitrogens is 4. The molecule has 2 radical (unpaired) electrons. The van der Waals surface area contributed by atoms with Crippen LogP contribution in [0.1, 0.15) is 199 Å². The highest BCUT2D eigenvalue weighted by Crippen LogP contribution is 2.26. The number of nitrogens with zero attached hydrogens (tertiary/aromatic N) is 4. The van der Waals surface area contributed by atoms with Gasteiger partial charge in [-0.1, -0.05) is 109 Å². The first-order chi connectivity index (χ1) is 44.6. The number of amides is 7. The molecule has 0 aliphatic rings. The summed E-state index contributed by atoms with van der Waals surface area (Å²) in [6, 6.07) is -0.703. The fraction of sp³-hybridized carbons (Fsp3) is 0.692. The monoisotopic (exact) mass is 1310 g/mol. The Morgan fingerprint density at radius 3 is 1.43 bits per heavy atom. The SMILES string of the molecule is [CH2][CH]CSC[C@H](NC(=O)CCCCCCCCCCCCCCC)C(=O)N[C@@H](CO)C(=O)N[C@@H](CCCCN)C(=O)N[C@@H](CCCCN)C(=O)N[C@@H](CCCCN)C(=O)N[C@@H](CCCCN)C(=O)Nc1ccc(Cn2c(O)nc3c(N)nc(NCCCC)nc32)cc1. The number of imidazole rings is 1. The number of nitrogens with one attached hydrogen (secondary N) is 8. The third kappa shape index (κ3) is 31.5. The fourth-order valence-corrected chi connectivity index (χ4v) is 11.1. The van der Waals surface area contributed by atoms with Crippen LogP contribution in [0.25, 0.3) is 11.2 Å².